The zero-order chi connectivity index (χ0) is 17.1. The van der Waals surface area contributed by atoms with Gasteiger partial charge in [-0.1, -0.05) is 18.2 Å². The zero-order valence-corrected chi connectivity index (χ0v) is 13.4. The number of hydrogen-bond donors (Lipinski definition) is 1. The van der Waals surface area contributed by atoms with E-state index in [9.17, 15) is 0 Å². The Kier molecular flexibility index (Phi) is 4.11. The highest BCUT2D eigenvalue weighted by atomic mass is 16.5. The van der Waals surface area contributed by atoms with Crippen molar-refractivity contribution in [2.75, 3.05) is 11.9 Å². The zero-order valence-electron chi connectivity index (χ0n) is 13.4. The first-order valence-corrected chi connectivity index (χ1v) is 8.05. The molecule has 1 N–H and O–H groups in total. The third-order valence-electron chi connectivity index (χ3n) is 4.16. The van der Waals surface area contributed by atoms with Crippen molar-refractivity contribution in [3.63, 3.8) is 0 Å². The molecule has 1 fully saturated rings. The van der Waals surface area contributed by atoms with Crippen LogP contribution in [0.5, 0.6) is 0 Å². The first-order chi connectivity index (χ1) is 12.3. The molecule has 4 rings (SSSR count). The van der Waals surface area contributed by atoms with Gasteiger partial charge >= 0.3 is 0 Å². The predicted octanol–water partition coefficient (Wildman–Crippen LogP) is 2.48. The molecule has 0 bridgehead atoms. The normalized spacial score (nSPS) is 19.5. The van der Waals surface area contributed by atoms with Gasteiger partial charge < -0.3 is 10.1 Å². The Morgan fingerprint density at radius 2 is 2.04 bits per heavy atom. The summed E-state index contributed by atoms with van der Waals surface area (Å²) in [5.41, 5.74) is 2.28. The topological polar surface area (TPSA) is 88.6 Å². The molecule has 1 aliphatic heterocycles. The van der Waals surface area contributed by atoms with E-state index >= 15 is 0 Å². The molecule has 1 aromatic carbocycles. The van der Waals surface area contributed by atoms with E-state index in [1.165, 1.54) is 6.20 Å². The van der Waals surface area contributed by atoms with E-state index in [0.29, 0.717) is 18.1 Å². The van der Waals surface area contributed by atoms with E-state index in [-0.39, 0.29) is 12.1 Å². The lowest BCUT2D eigenvalue weighted by Crippen LogP contribution is -2.25. The molecule has 1 aliphatic rings. The summed E-state index contributed by atoms with van der Waals surface area (Å²) in [5, 5.41) is 16.6. The van der Waals surface area contributed by atoms with Crippen LogP contribution in [0.1, 0.15) is 23.9 Å². The Morgan fingerprint density at radius 3 is 2.80 bits per heavy atom. The minimum Gasteiger partial charge on any atom is -0.370 e. The van der Waals surface area contributed by atoms with Gasteiger partial charge in [0.05, 0.1) is 29.8 Å². The van der Waals surface area contributed by atoms with Crippen molar-refractivity contribution >= 4 is 5.82 Å². The number of nitrogens with zero attached hydrogens (tertiary/aromatic N) is 5. The van der Waals surface area contributed by atoms with Gasteiger partial charge in [0.2, 0.25) is 0 Å². The number of para-hydroxylation sites is 1. The second kappa shape index (κ2) is 6.71. The van der Waals surface area contributed by atoms with E-state index in [0.717, 1.165) is 17.8 Å². The fourth-order valence-electron chi connectivity index (χ4n) is 2.99. The molecule has 0 amide bonds. The summed E-state index contributed by atoms with van der Waals surface area (Å²) >= 11 is 0. The molecule has 7 heteroatoms. The highest BCUT2D eigenvalue weighted by Gasteiger charge is 2.32. The molecule has 1 saturated heterocycles. The standard InChI is InChI=1S/C18H16N6O/c19-10-13-11-21-17(12-20-13)23-15-7-9-25-18(15)16-6-8-22-24(16)14-4-2-1-3-5-14/h1-6,8,11-12,15,18H,7,9H2,(H,21,23)/t15-,18-/m0/s1. The van der Waals surface area contributed by atoms with E-state index in [4.69, 9.17) is 10.00 Å². The fraction of sp³-hybridized carbons (Fsp3) is 0.222. The Labute approximate surface area is 144 Å². The van der Waals surface area contributed by atoms with Crippen LogP contribution in [0.15, 0.2) is 55.0 Å². The molecular weight excluding hydrogens is 316 g/mol. The van der Waals surface area contributed by atoms with Crippen LogP contribution in [0.25, 0.3) is 5.69 Å². The molecule has 0 radical (unpaired) electrons. The molecule has 0 aliphatic carbocycles. The molecule has 3 heterocycles. The number of benzene rings is 1. The molecule has 25 heavy (non-hydrogen) atoms. The molecular formula is C18H16N6O. The van der Waals surface area contributed by atoms with Crippen LogP contribution in [0.3, 0.4) is 0 Å². The first kappa shape index (κ1) is 15.3. The Balaban J connectivity index is 1.58. The summed E-state index contributed by atoms with van der Waals surface area (Å²) in [6.45, 7) is 0.659. The highest BCUT2D eigenvalue weighted by molar-refractivity contribution is 5.37. The lowest BCUT2D eigenvalue weighted by molar-refractivity contribution is 0.102. The van der Waals surface area contributed by atoms with Crippen molar-refractivity contribution in [1.82, 2.24) is 19.7 Å². The summed E-state index contributed by atoms with van der Waals surface area (Å²) in [4.78, 5) is 8.28. The molecule has 0 saturated carbocycles. The van der Waals surface area contributed by atoms with Crippen LogP contribution in [-0.4, -0.2) is 32.4 Å². The third kappa shape index (κ3) is 3.07. The average Bonchev–Trinajstić information content (AvgIpc) is 3.32. The number of ether oxygens (including phenoxy) is 1. The van der Waals surface area contributed by atoms with Gasteiger partial charge in [-0.3, -0.25) is 0 Å². The summed E-state index contributed by atoms with van der Waals surface area (Å²) in [6.07, 6.45) is 5.53. The number of hydrogen-bond acceptors (Lipinski definition) is 6. The number of anilines is 1. The molecule has 124 valence electrons. The van der Waals surface area contributed by atoms with Gasteiger partial charge in [0.15, 0.2) is 5.69 Å². The van der Waals surface area contributed by atoms with Crippen molar-refractivity contribution in [3.05, 3.63) is 66.4 Å². The highest BCUT2D eigenvalue weighted by Crippen LogP contribution is 2.32. The van der Waals surface area contributed by atoms with Crippen molar-refractivity contribution in [2.24, 2.45) is 0 Å². The van der Waals surface area contributed by atoms with Gasteiger partial charge in [-0.15, -0.1) is 0 Å². The summed E-state index contributed by atoms with van der Waals surface area (Å²) in [7, 11) is 0. The smallest absolute Gasteiger partial charge is 0.158 e. The van der Waals surface area contributed by atoms with Gasteiger partial charge in [0, 0.05) is 12.8 Å². The molecule has 0 unspecified atom stereocenters. The number of nitrogens with one attached hydrogen (secondary N) is 1. The summed E-state index contributed by atoms with van der Waals surface area (Å²) in [5.74, 6) is 0.630. The van der Waals surface area contributed by atoms with Gasteiger partial charge in [0.1, 0.15) is 18.0 Å². The van der Waals surface area contributed by atoms with Crippen LogP contribution in [0, 0.1) is 11.3 Å². The van der Waals surface area contributed by atoms with E-state index in [1.807, 2.05) is 47.1 Å². The van der Waals surface area contributed by atoms with Crippen molar-refractivity contribution < 1.29 is 4.74 Å². The lowest BCUT2D eigenvalue weighted by atomic mass is 10.1. The second-order valence-electron chi connectivity index (χ2n) is 5.73. The van der Waals surface area contributed by atoms with E-state index < -0.39 is 0 Å². The van der Waals surface area contributed by atoms with Crippen LogP contribution in [0.2, 0.25) is 0 Å². The van der Waals surface area contributed by atoms with Gasteiger partial charge in [-0.25, -0.2) is 14.6 Å². The van der Waals surface area contributed by atoms with Crippen molar-refractivity contribution in [3.8, 4) is 11.8 Å². The van der Waals surface area contributed by atoms with E-state index in [2.05, 4.69) is 20.4 Å². The number of nitriles is 1. The van der Waals surface area contributed by atoms with Crippen LogP contribution in [-0.2, 0) is 4.74 Å². The monoisotopic (exact) mass is 332 g/mol. The Morgan fingerprint density at radius 1 is 1.16 bits per heavy atom. The predicted molar refractivity (Wildman–Crippen MR) is 91.0 cm³/mol. The average molecular weight is 332 g/mol. The third-order valence-corrected chi connectivity index (χ3v) is 4.16. The molecule has 0 spiro atoms. The van der Waals surface area contributed by atoms with Crippen LogP contribution >= 0.6 is 0 Å². The van der Waals surface area contributed by atoms with Crippen molar-refractivity contribution in [2.45, 2.75) is 18.6 Å². The maximum absolute atomic E-state index is 8.82. The van der Waals surface area contributed by atoms with Gasteiger partial charge in [-0.2, -0.15) is 10.4 Å². The Hall–Kier alpha value is -3.24. The SMILES string of the molecule is N#Cc1cnc(N[C@H]2CCO[C@@H]2c2ccnn2-c2ccccc2)cn1. The number of aromatic nitrogens is 4. The van der Waals surface area contributed by atoms with Gasteiger partial charge in [-0.05, 0) is 24.6 Å². The minimum absolute atomic E-state index is 0.0568. The van der Waals surface area contributed by atoms with Crippen LogP contribution < -0.4 is 5.32 Å². The second-order valence-corrected chi connectivity index (χ2v) is 5.73. The summed E-state index contributed by atoms with van der Waals surface area (Å²) < 4.78 is 7.86. The molecule has 2 aromatic heterocycles. The maximum atomic E-state index is 8.82. The quantitative estimate of drug-likeness (QED) is 0.789. The molecule has 2 atom stereocenters. The maximum Gasteiger partial charge on any atom is 0.158 e. The van der Waals surface area contributed by atoms with Gasteiger partial charge in [0.25, 0.3) is 0 Å². The lowest BCUT2D eigenvalue weighted by Gasteiger charge is -2.21. The van der Waals surface area contributed by atoms with Crippen LogP contribution in [0.4, 0.5) is 5.82 Å². The van der Waals surface area contributed by atoms with E-state index in [1.54, 1.807) is 12.4 Å². The number of rotatable bonds is 4. The molecule has 3 aromatic rings. The Bertz CT molecular complexity index is 884. The first-order valence-electron chi connectivity index (χ1n) is 8.05. The largest absolute Gasteiger partial charge is 0.370 e. The summed E-state index contributed by atoms with van der Waals surface area (Å²) in [6, 6.07) is 14.0. The van der Waals surface area contributed by atoms with Crippen molar-refractivity contribution in [1.29, 1.82) is 5.26 Å². The fourth-order valence-corrected chi connectivity index (χ4v) is 2.99. The minimum atomic E-state index is -0.139. The molecule has 7 nitrogen and oxygen atoms in total.